The van der Waals surface area contributed by atoms with Crippen LogP contribution in [0.25, 0.3) is 0 Å². The molecule has 2 aliphatic heterocycles. The largest absolute Gasteiger partial charge is 0.369 e. The summed E-state index contributed by atoms with van der Waals surface area (Å²) in [7, 11) is 0. The molecule has 0 radical (unpaired) electrons. The number of piperidine rings is 1. The molecule has 2 aromatic rings. The highest BCUT2D eigenvalue weighted by Gasteiger charge is 2.41. The second-order valence-electron chi connectivity index (χ2n) is 6.72. The number of hydrogen-bond donors (Lipinski definition) is 2. The summed E-state index contributed by atoms with van der Waals surface area (Å²) in [5, 5.41) is 6.45. The summed E-state index contributed by atoms with van der Waals surface area (Å²) in [4.78, 5) is 18.6. The van der Waals surface area contributed by atoms with Gasteiger partial charge in [0.15, 0.2) is 0 Å². The van der Waals surface area contributed by atoms with Crippen molar-refractivity contribution >= 4 is 42.1 Å². The van der Waals surface area contributed by atoms with E-state index in [9.17, 15) is 4.79 Å². The summed E-state index contributed by atoms with van der Waals surface area (Å²) < 4.78 is 8.22. The average Bonchev–Trinajstić information content (AvgIpc) is 3.30. The van der Waals surface area contributed by atoms with Crippen LogP contribution in [0.3, 0.4) is 0 Å². The summed E-state index contributed by atoms with van der Waals surface area (Å²) >= 11 is 1.62. The number of hydrogen-bond acceptors (Lipinski definition) is 5. The molecule has 0 saturated carbocycles. The number of nitrogens with zero attached hydrogens (tertiary/aromatic N) is 2. The minimum absolute atomic E-state index is 0. The highest BCUT2D eigenvalue weighted by Crippen LogP contribution is 2.44. The highest BCUT2D eigenvalue weighted by molar-refractivity contribution is 7.14. The number of aryl methyl sites for hydroxylation is 1. The van der Waals surface area contributed by atoms with Gasteiger partial charge in [0.1, 0.15) is 5.60 Å². The number of carbonyl (C=O) groups excluding carboxylic acids is 1. The van der Waals surface area contributed by atoms with E-state index in [1.54, 1.807) is 23.9 Å². The number of halogens is 2. The number of amides is 1. The Hall–Kier alpha value is -1.12. The van der Waals surface area contributed by atoms with Crippen LogP contribution < -0.4 is 10.6 Å². The van der Waals surface area contributed by atoms with Crippen LogP contribution in [0.15, 0.2) is 24.8 Å². The van der Waals surface area contributed by atoms with Crippen molar-refractivity contribution in [3.63, 3.8) is 0 Å². The normalized spacial score (nSPS) is 17.5. The van der Waals surface area contributed by atoms with Crippen molar-refractivity contribution in [2.45, 2.75) is 37.8 Å². The zero-order valence-electron chi connectivity index (χ0n) is 15.1. The second-order valence-corrected chi connectivity index (χ2v) is 7.77. The lowest BCUT2D eigenvalue weighted by Gasteiger charge is -2.40. The van der Waals surface area contributed by atoms with Gasteiger partial charge in [-0.25, -0.2) is 4.98 Å². The molecule has 1 fully saturated rings. The molecule has 0 atom stereocenters. The zero-order valence-corrected chi connectivity index (χ0v) is 17.6. The lowest BCUT2D eigenvalue weighted by atomic mass is 9.86. The van der Waals surface area contributed by atoms with E-state index in [1.165, 1.54) is 10.4 Å². The first kappa shape index (κ1) is 22.2. The molecule has 1 spiro atoms. The van der Waals surface area contributed by atoms with Gasteiger partial charge in [-0.15, -0.1) is 36.2 Å². The predicted molar refractivity (Wildman–Crippen MR) is 111 cm³/mol. The van der Waals surface area contributed by atoms with Crippen molar-refractivity contribution in [1.82, 2.24) is 20.2 Å². The smallest absolute Gasteiger partial charge is 0.261 e. The third-order valence-electron chi connectivity index (χ3n) is 5.05. The highest BCUT2D eigenvalue weighted by atomic mass is 35.5. The fourth-order valence-electron chi connectivity index (χ4n) is 3.71. The first-order valence-electron chi connectivity index (χ1n) is 8.99. The van der Waals surface area contributed by atoms with E-state index in [0.29, 0.717) is 6.54 Å². The van der Waals surface area contributed by atoms with Gasteiger partial charge in [-0.2, -0.15) is 0 Å². The van der Waals surface area contributed by atoms with Crippen molar-refractivity contribution in [3.05, 3.63) is 40.1 Å². The molecular formula is C18H26Cl2N4O2S. The number of thiophene rings is 1. The van der Waals surface area contributed by atoms with Gasteiger partial charge in [0.05, 0.1) is 17.8 Å². The van der Waals surface area contributed by atoms with Gasteiger partial charge in [-0.05, 0) is 50.4 Å². The second kappa shape index (κ2) is 9.89. The quantitative estimate of drug-likeness (QED) is 0.712. The first-order chi connectivity index (χ1) is 12.3. The lowest BCUT2D eigenvalue weighted by molar-refractivity contribution is -0.0771. The number of imidazole rings is 1. The summed E-state index contributed by atoms with van der Waals surface area (Å²) in [6, 6.07) is 2.08. The Labute approximate surface area is 175 Å². The molecule has 0 aromatic carbocycles. The summed E-state index contributed by atoms with van der Waals surface area (Å²) in [6.07, 6.45) is 9.30. The van der Waals surface area contributed by atoms with E-state index in [0.717, 1.165) is 56.8 Å². The van der Waals surface area contributed by atoms with Gasteiger partial charge in [0.25, 0.3) is 5.91 Å². The van der Waals surface area contributed by atoms with Crippen LogP contribution in [0.5, 0.6) is 0 Å². The van der Waals surface area contributed by atoms with E-state index in [-0.39, 0.29) is 36.3 Å². The number of carbonyl (C=O) groups is 1. The van der Waals surface area contributed by atoms with E-state index in [1.807, 2.05) is 10.8 Å². The number of rotatable bonds is 5. The Kier molecular flexibility index (Phi) is 8.12. The Morgan fingerprint density at radius 2 is 2.19 bits per heavy atom. The molecule has 9 heteroatoms. The van der Waals surface area contributed by atoms with E-state index >= 15 is 0 Å². The van der Waals surface area contributed by atoms with Crippen LogP contribution in [-0.2, 0) is 23.3 Å². The van der Waals surface area contributed by atoms with Crippen molar-refractivity contribution in [3.8, 4) is 0 Å². The summed E-state index contributed by atoms with van der Waals surface area (Å²) in [5.41, 5.74) is 1.14. The Morgan fingerprint density at radius 3 is 2.93 bits per heavy atom. The molecule has 1 saturated heterocycles. The van der Waals surface area contributed by atoms with E-state index in [4.69, 9.17) is 4.74 Å². The summed E-state index contributed by atoms with van der Waals surface area (Å²) in [5.74, 6) is 0.0362. The molecule has 2 aromatic heterocycles. The maximum atomic E-state index is 12.5. The van der Waals surface area contributed by atoms with E-state index < -0.39 is 0 Å². The van der Waals surface area contributed by atoms with Crippen LogP contribution in [0.1, 0.15) is 39.4 Å². The third kappa shape index (κ3) is 4.84. The maximum Gasteiger partial charge on any atom is 0.261 e. The fraction of sp³-hybridized carbons (Fsp3) is 0.556. The van der Waals surface area contributed by atoms with Gasteiger partial charge < -0.3 is 19.9 Å². The minimum Gasteiger partial charge on any atom is -0.369 e. The van der Waals surface area contributed by atoms with Gasteiger partial charge in [0.2, 0.25) is 0 Å². The van der Waals surface area contributed by atoms with Crippen molar-refractivity contribution in [2.24, 2.45) is 0 Å². The SMILES string of the molecule is Cl.Cl.O=C(NCCCn1ccnc1)c1cc2c(s1)C1(CCNCC1)OCC2. The van der Waals surface area contributed by atoms with Gasteiger partial charge in [-0.3, -0.25) is 4.79 Å². The molecule has 0 unspecified atom stereocenters. The topological polar surface area (TPSA) is 68.2 Å². The predicted octanol–water partition coefficient (Wildman–Crippen LogP) is 2.76. The number of fused-ring (bicyclic) bond motifs is 2. The molecule has 2 aliphatic rings. The molecule has 4 heterocycles. The number of aromatic nitrogens is 2. The number of nitrogens with one attached hydrogen (secondary N) is 2. The molecule has 6 nitrogen and oxygen atoms in total. The Bertz CT molecular complexity index is 730. The zero-order chi connectivity index (χ0) is 17.1. The van der Waals surface area contributed by atoms with Gasteiger partial charge >= 0.3 is 0 Å². The summed E-state index contributed by atoms with van der Waals surface area (Å²) in [6.45, 7) is 4.26. The lowest BCUT2D eigenvalue weighted by Crippen LogP contribution is -2.43. The molecular weight excluding hydrogens is 407 g/mol. The van der Waals surface area contributed by atoms with Crippen molar-refractivity contribution in [2.75, 3.05) is 26.2 Å². The van der Waals surface area contributed by atoms with Crippen LogP contribution in [0.4, 0.5) is 0 Å². The molecule has 27 heavy (non-hydrogen) atoms. The molecule has 2 N–H and O–H groups in total. The van der Waals surface area contributed by atoms with Crippen LogP contribution in [0, 0.1) is 0 Å². The van der Waals surface area contributed by atoms with Gasteiger partial charge in [0, 0.05) is 30.4 Å². The molecule has 0 bridgehead atoms. The molecule has 1 amide bonds. The van der Waals surface area contributed by atoms with Crippen molar-refractivity contribution in [1.29, 1.82) is 0 Å². The van der Waals surface area contributed by atoms with Crippen molar-refractivity contribution < 1.29 is 9.53 Å². The molecule has 150 valence electrons. The fourth-order valence-corrected chi connectivity index (χ4v) is 5.03. The monoisotopic (exact) mass is 432 g/mol. The van der Waals surface area contributed by atoms with Crippen LogP contribution in [-0.4, -0.2) is 41.7 Å². The standard InChI is InChI=1S/C18H24N4O2S.2ClH/c23-17(21-5-1-9-22-10-8-20-13-22)15-12-14-2-11-24-18(16(14)25-15)3-6-19-7-4-18;;/h8,10,12-13,19H,1-7,9,11H2,(H,21,23);2*1H. The van der Waals surface area contributed by atoms with E-state index in [2.05, 4.69) is 21.7 Å². The minimum atomic E-state index is -0.163. The number of ether oxygens (including phenoxy) is 1. The molecule has 4 rings (SSSR count). The molecule has 0 aliphatic carbocycles. The average molecular weight is 433 g/mol. The van der Waals surface area contributed by atoms with Crippen LogP contribution >= 0.6 is 36.2 Å². The maximum absolute atomic E-state index is 12.5. The first-order valence-corrected chi connectivity index (χ1v) is 9.80. The third-order valence-corrected chi connectivity index (χ3v) is 6.41. The van der Waals surface area contributed by atoms with Gasteiger partial charge in [-0.1, -0.05) is 0 Å². The Balaban J connectivity index is 0.00000131. The van der Waals surface area contributed by atoms with Crippen LogP contribution in [0.2, 0.25) is 0 Å². The Morgan fingerprint density at radius 1 is 1.37 bits per heavy atom.